The van der Waals surface area contributed by atoms with Crippen LogP contribution in [0, 0.1) is 0 Å². The molecule has 0 aliphatic carbocycles. The van der Waals surface area contributed by atoms with Crippen molar-refractivity contribution < 1.29 is 4.79 Å². The molecule has 0 spiro atoms. The number of nitrogens with zero attached hydrogens (tertiary/aromatic N) is 5. The average Bonchev–Trinajstić information content (AvgIpc) is 2.98. The SMILES string of the molecule is CCN(CCN1CCCCCC1)C(=O)c1cnc(-c2cccnc2)nc1. The Labute approximate surface area is 155 Å². The summed E-state index contributed by atoms with van der Waals surface area (Å²) in [5, 5.41) is 0. The lowest BCUT2D eigenvalue weighted by Gasteiger charge is -2.26. The molecule has 6 heteroatoms. The highest BCUT2D eigenvalue weighted by Gasteiger charge is 2.17. The van der Waals surface area contributed by atoms with Crippen LogP contribution in [0.3, 0.4) is 0 Å². The first-order valence-electron chi connectivity index (χ1n) is 9.52. The molecule has 1 aliphatic heterocycles. The number of amides is 1. The fourth-order valence-electron chi connectivity index (χ4n) is 3.29. The molecule has 0 atom stereocenters. The highest BCUT2D eigenvalue weighted by atomic mass is 16.2. The number of hydrogen-bond acceptors (Lipinski definition) is 5. The fraction of sp³-hybridized carbons (Fsp3) is 0.500. The Morgan fingerprint density at radius 3 is 2.46 bits per heavy atom. The Kier molecular flexibility index (Phi) is 6.66. The molecule has 0 radical (unpaired) electrons. The summed E-state index contributed by atoms with van der Waals surface area (Å²) < 4.78 is 0. The van der Waals surface area contributed by atoms with E-state index >= 15 is 0 Å². The van der Waals surface area contributed by atoms with E-state index in [1.54, 1.807) is 24.8 Å². The van der Waals surface area contributed by atoms with E-state index in [2.05, 4.69) is 19.9 Å². The van der Waals surface area contributed by atoms with Gasteiger partial charge in [0.15, 0.2) is 5.82 Å². The Morgan fingerprint density at radius 2 is 1.85 bits per heavy atom. The first kappa shape index (κ1) is 18.5. The summed E-state index contributed by atoms with van der Waals surface area (Å²) in [5.74, 6) is 0.585. The van der Waals surface area contributed by atoms with Crippen LogP contribution in [0.2, 0.25) is 0 Å². The summed E-state index contributed by atoms with van der Waals surface area (Å²) in [4.78, 5) is 29.9. The highest BCUT2D eigenvalue weighted by molar-refractivity contribution is 5.93. The van der Waals surface area contributed by atoms with Gasteiger partial charge in [-0.3, -0.25) is 9.78 Å². The second-order valence-corrected chi connectivity index (χ2v) is 6.68. The van der Waals surface area contributed by atoms with Gasteiger partial charge in [-0.2, -0.15) is 0 Å². The molecule has 3 heterocycles. The largest absolute Gasteiger partial charge is 0.338 e. The molecule has 0 aromatic carbocycles. The quantitative estimate of drug-likeness (QED) is 0.799. The molecule has 6 nitrogen and oxygen atoms in total. The second-order valence-electron chi connectivity index (χ2n) is 6.68. The van der Waals surface area contributed by atoms with Gasteiger partial charge in [0.05, 0.1) is 5.56 Å². The van der Waals surface area contributed by atoms with E-state index in [-0.39, 0.29) is 5.91 Å². The van der Waals surface area contributed by atoms with E-state index in [4.69, 9.17) is 0 Å². The average molecular weight is 353 g/mol. The van der Waals surface area contributed by atoms with Crippen LogP contribution in [0.25, 0.3) is 11.4 Å². The smallest absolute Gasteiger partial charge is 0.257 e. The van der Waals surface area contributed by atoms with Crippen molar-refractivity contribution in [1.82, 2.24) is 24.8 Å². The third kappa shape index (κ3) is 4.85. The predicted molar refractivity (Wildman–Crippen MR) is 102 cm³/mol. The topological polar surface area (TPSA) is 62.2 Å². The second kappa shape index (κ2) is 9.38. The third-order valence-corrected chi connectivity index (χ3v) is 4.87. The van der Waals surface area contributed by atoms with Gasteiger partial charge < -0.3 is 9.80 Å². The fourth-order valence-corrected chi connectivity index (χ4v) is 3.29. The minimum Gasteiger partial charge on any atom is -0.338 e. The molecule has 0 saturated carbocycles. The lowest BCUT2D eigenvalue weighted by atomic mass is 10.2. The molecule has 2 aromatic heterocycles. The number of likely N-dealkylation sites (tertiary alicyclic amines) is 1. The molecule has 1 saturated heterocycles. The normalized spacial score (nSPS) is 15.4. The van der Waals surface area contributed by atoms with E-state index < -0.39 is 0 Å². The lowest BCUT2D eigenvalue weighted by Crippen LogP contribution is -2.39. The maximum absolute atomic E-state index is 12.8. The first-order chi connectivity index (χ1) is 12.8. The van der Waals surface area contributed by atoms with Gasteiger partial charge in [-0.25, -0.2) is 9.97 Å². The summed E-state index contributed by atoms with van der Waals surface area (Å²) >= 11 is 0. The summed E-state index contributed by atoms with van der Waals surface area (Å²) in [6, 6.07) is 3.75. The third-order valence-electron chi connectivity index (χ3n) is 4.87. The number of carbonyl (C=O) groups excluding carboxylic acids is 1. The molecule has 138 valence electrons. The van der Waals surface area contributed by atoms with Crippen molar-refractivity contribution in [3.63, 3.8) is 0 Å². The number of likely N-dealkylation sites (N-methyl/N-ethyl adjacent to an activating group) is 1. The van der Waals surface area contributed by atoms with E-state index in [1.165, 1.54) is 25.7 Å². The number of rotatable bonds is 6. The number of aromatic nitrogens is 3. The van der Waals surface area contributed by atoms with Crippen LogP contribution in [0.4, 0.5) is 0 Å². The minimum absolute atomic E-state index is 0.0000543. The monoisotopic (exact) mass is 353 g/mol. The van der Waals surface area contributed by atoms with Gasteiger partial charge in [0, 0.05) is 50.0 Å². The van der Waals surface area contributed by atoms with E-state index in [9.17, 15) is 4.79 Å². The number of carbonyl (C=O) groups is 1. The van der Waals surface area contributed by atoms with Crippen molar-refractivity contribution in [1.29, 1.82) is 0 Å². The van der Waals surface area contributed by atoms with Crippen LogP contribution in [0.5, 0.6) is 0 Å². The van der Waals surface area contributed by atoms with Crippen LogP contribution in [-0.2, 0) is 0 Å². The first-order valence-corrected chi connectivity index (χ1v) is 9.52. The predicted octanol–water partition coefficient (Wildman–Crippen LogP) is 2.88. The van der Waals surface area contributed by atoms with Gasteiger partial charge in [-0.1, -0.05) is 12.8 Å². The molecular weight excluding hydrogens is 326 g/mol. The van der Waals surface area contributed by atoms with Crippen molar-refractivity contribution in [2.24, 2.45) is 0 Å². The molecule has 0 bridgehead atoms. The minimum atomic E-state index is 0.0000543. The summed E-state index contributed by atoms with van der Waals surface area (Å²) in [7, 11) is 0. The van der Waals surface area contributed by atoms with Gasteiger partial charge in [-0.15, -0.1) is 0 Å². The van der Waals surface area contributed by atoms with E-state index in [0.717, 1.165) is 31.7 Å². The molecule has 1 fully saturated rings. The van der Waals surface area contributed by atoms with Crippen LogP contribution >= 0.6 is 0 Å². The Bertz CT molecular complexity index is 681. The highest BCUT2D eigenvalue weighted by Crippen LogP contribution is 2.13. The molecule has 3 rings (SSSR count). The van der Waals surface area contributed by atoms with Gasteiger partial charge in [0.25, 0.3) is 5.91 Å². The number of pyridine rings is 1. The molecule has 0 unspecified atom stereocenters. The van der Waals surface area contributed by atoms with Gasteiger partial charge in [-0.05, 0) is 45.0 Å². The molecular formula is C20H27N5O. The van der Waals surface area contributed by atoms with Crippen molar-refractivity contribution >= 4 is 5.91 Å². The maximum Gasteiger partial charge on any atom is 0.257 e. The Morgan fingerprint density at radius 1 is 1.12 bits per heavy atom. The van der Waals surface area contributed by atoms with Crippen LogP contribution < -0.4 is 0 Å². The molecule has 26 heavy (non-hydrogen) atoms. The zero-order chi connectivity index (χ0) is 18.2. The number of hydrogen-bond donors (Lipinski definition) is 0. The Hall–Kier alpha value is -2.34. The van der Waals surface area contributed by atoms with Crippen molar-refractivity contribution in [3.05, 3.63) is 42.5 Å². The summed E-state index contributed by atoms with van der Waals surface area (Å²) in [6.45, 7) is 6.69. The van der Waals surface area contributed by atoms with Gasteiger partial charge in [0.1, 0.15) is 0 Å². The van der Waals surface area contributed by atoms with Gasteiger partial charge >= 0.3 is 0 Å². The summed E-state index contributed by atoms with van der Waals surface area (Å²) in [5.41, 5.74) is 1.38. The Balaban J connectivity index is 1.60. The molecule has 1 amide bonds. The lowest BCUT2D eigenvalue weighted by molar-refractivity contribution is 0.0744. The van der Waals surface area contributed by atoms with Crippen molar-refractivity contribution in [2.75, 3.05) is 32.7 Å². The van der Waals surface area contributed by atoms with Crippen LogP contribution in [-0.4, -0.2) is 63.4 Å². The van der Waals surface area contributed by atoms with E-state index in [0.29, 0.717) is 17.9 Å². The molecule has 2 aromatic rings. The summed E-state index contributed by atoms with van der Waals surface area (Å²) in [6.07, 6.45) is 11.9. The maximum atomic E-state index is 12.8. The van der Waals surface area contributed by atoms with Crippen molar-refractivity contribution in [2.45, 2.75) is 32.6 Å². The van der Waals surface area contributed by atoms with Gasteiger partial charge in [0.2, 0.25) is 0 Å². The standard InChI is InChI=1S/C20H27N5O/c1-2-25(13-12-24-10-5-3-4-6-11-24)20(26)18-15-22-19(23-16-18)17-8-7-9-21-14-17/h7-9,14-16H,2-6,10-13H2,1H3. The van der Waals surface area contributed by atoms with Crippen LogP contribution in [0.1, 0.15) is 43.0 Å². The molecule has 1 aliphatic rings. The van der Waals surface area contributed by atoms with E-state index in [1.807, 2.05) is 24.0 Å². The zero-order valence-corrected chi connectivity index (χ0v) is 15.5. The van der Waals surface area contributed by atoms with Crippen molar-refractivity contribution in [3.8, 4) is 11.4 Å². The molecule has 0 N–H and O–H groups in total. The van der Waals surface area contributed by atoms with Crippen LogP contribution in [0.15, 0.2) is 36.9 Å². The zero-order valence-electron chi connectivity index (χ0n) is 15.5.